The SMILES string of the molecule is COc1ccnc(-c2cc(OC)ccn2)c1.O.O.[Br][Ni][Br]. The Morgan fingerprint density at radius 2 is 1.19 bits per heavy atom. The molecular weight excluding hydrogens is 455 g/mol. The summed E-state index contributed by atoms with van der Waals surface area (Å²) in [5.41, 5.74) is 1.52. The fraction of sp³-hybridized carbons (Fsp3) is 0.167. The summed E-state index contributed by atoms with van der Waals surface area (Å²) >= 11 is 6.00. The molecule has 0 saturated carbocycles. The van der Waals surface area contributed by atoms with Crippen molar-refractivity contribution in [3.63, 3.8) is 0 Å². The van der Waals surface area contributed by atoms with Crippen LogP contribution in [0, 0.1) is 0 Å². The van der Waals surface area contributed by atoms with Crippen molar-refractivity contribution in [2.45, 2.75) is 0 Å². The Hall–Kier alpha value is -0.726. The van der Waals surface area contributed by atoms with Crippen molar-refractivity contribution in [3.05, 3.63) is 36.7 Å². The Labute approximate surface area is 143 Å². The van der Waals surface area contributed by atoms with Gasteiger partial charge in [-0.2, -0.15) is 0 Å². The first-order valence-corrected chi connectivity index (χ1v) is 9.96. The molecule has 0 atom stereocenters. The molecule has 0 aliphatic heterocycles. The summed E-state index contributed by atoms with van der Waals surface area (Å²) in [5, 5.41) is 0. The number of rotatable bonds is 3. The van der Waals surface area contributed by atoms with Crippen molar-refractivity contribution in [3.8, 4) is 22.9 Å². The van der Waals surface area contributed by atoms with Crippen LogP contribution < -0.4 is 9.47 Å². The van der Waals surface area contributed by atoms with Crippen LogP contribution in [0.15, 0.2) is 36.7 Å². The topological polar surface area (TPSA) is 107 Å². The number of ether oxygens (including phenoxy) is 2. The summed E-state index contributed by atoms with van der Waals surface area (Å²) in [5.74, 6) is 1.52. The van der Waals surface area contributed by atoms with Gasteiger partial charge in [0.15, 0.2) is 0 Å². The zero-order chi connectivity index (χ0) is 14.1. The number of pyridine rings is 2. The van der Waals surface area contributed by atoms with Crippen LogP contribution in [0.4, 0.5) is 0 Å². The molecule has 21 heavy (non-hydrogen) atoms. The van der Waals surface area contributed by atoms with Crippen LogP contribution in [0.3, 0.4) is 0 Å². The standard InChI is InChI=1S/C12H12N2O2.2BrH.Ni.2H2O/c1-15-9-3-5-13-11(7-9)12-8-10(16-2)4-6-14-12;;;;;/h3-8H,1-2H3;2*1H;;2*1H2/q;;;+2;;/p-2. The Balaban J connectivity index is 0. The zero-order valence-corrected chi connectivity index (χ0v) is 15.4. The summed E-state index contributed by atoms with van der Waals surface area (Å²) in [4.78, 5) is 8.47. The van der Waals surface area contributed by atoms with E-state index >= 15 is 0 Å². The van der Waals surface area contributed by atoms with E-state index in [-0.39, 0.29) is 11.0 Å². The van der Waals surface area contributed by atoms with Crippen LogP contribution in [-0.4, -0.2) is 35.1 Å². The summed E-state index contributed by atoms with van der Waals surface area (Å²) in [7, 11) is 4.50. The zero-order valence-electron chi connectivity index (χ0n) is 11.2. The Bertz CT molecular complexity index is 475. The van der Waals surface area contributed by atoms with Gasteiger partial charge in [-0.25, -0.2) is 0 Å². The summed E-state index contributed by atoms with van der Waals surface area (Å²) < 4.78 is 10.3. The normalized spacial score (nSPS) is 8.57. The molecule has 2 rings (SSSR count). The molecule has 6 nitrogen and oxygen atoms in total. The van der Waals surface area contributed by atoms with Crippen LogP contribution in [-0.2, 0) is 10.9 Å². The predicted octanol–water partition coefficient (Wildman–Crippen LogP) is 2.20. The predicted molar refractivity (Wildman–Crippen MR) is 85.7 cm³/mol. The van der Waals surface area contributed by atoms with Gasteiger partial charge in [-0.05, 0) is 12.1 Å². The van der Waals surface area contributed by atoms with Crippen molar-refractivity contribution >= 4 is 28.5 Å². The molecule has 2 aromatic heterocycles. The molecule has 0 aliphatic carbocycles. The average molecular weight is 471 g/mol. The van der Waals surface area contributed by atoms with E-state index in [1.807, 2.05) is 12.1 Å². The van der Waals surface area contributed by atoms with Crippen molar-refractivity contribution in [1.29, 1.82) is 0 Å². The van der Waals surface area contributed by atoms with E-state index in [2.05, 4.69) is 38.4 Å². The molecule has 0 amide bonds. The number of methoxy groups -OCH3 is 2. The van der Waals surface area contributed by atoms with E-state index in [0.29, 0.717) is 0 Å². The fourth-order valence-corrected chi connectivity index (χ4v) is 1.36. The second-order valence-electron chi connectivity index (χ2n) is 3.21. The van der Waals surface area contributed by atoms with E-state index in [9.17, 15) is 0 Å². The molecular formula is C12H16Br2N2NiO4. The first-order chi connectivity index (χ1) is 9.24. The molecule has 0 fully saturated rings. The average Bonchev–Trinajstić information content (AvgIpc) is 2.48. The quantitative estimate of drug-likeness (QED) is 0.641. The summed E-state index contributed by atoms with van der Waals surface area (Å²) in [6.45, 7) is 0. The minimum atomic E-state index is 0. The van der Waals surface area contributed by atoms with Gasteiger partial charge < -0.3 is 20.4 Å². The van der Waals surface area contributed by atoms with Gasteiger partial charge in [0.05, 0.1) is 25.6 Å². The van der Waals surface area contributed by atoms with Gasteiger partial charge in [0.25, 0.3) is 0 Å². The van der Waals surface area contributed by atoms with Gasteiger partial charge in [-0.15, -0.1) is 0 Å². The number of halogens is 2. The molecule has 9 heteroatoms. The Morgan fingerprint density at radius 3 is 1.48 bits per heavy atom. The van der Waals surface area contributed by atoms with Crippen LogP contribution in [0.5, 0.6) is 11.5 Å². The number of hydrogen-bond donors (Lipinski definition) is 0. The second-order valence-corrected chi connectivity index (χ2v) is 8.19. The Kier molecular flexibility index (Phi) is 13.9. The van der Waals surface area contributed by atoms with Gasteiger partial charge in [-0.1, -0.05) is 0 Å². The number of hydrogen-bond acceptors (Lipinski definition) is 4. The second kappa shape index (κ2) is 13.0. The number of aromatic nitrogens is 2. The van der Waals surface area contributed by atoms with Gasteiger partial charge in [0, 0.05) is 24.5 Å². The number of nitrogens with zero attached hydrogens (tertiary/aromatic N) is 2. The molecule has 0 radical (unpaired) electrons. The molecule has 2 heterocycles. The van der Waals surface area contributed by atoms with Crippen LogP contribution >= 0.6 is 28.5 Å². The molecule has 0 aromatic carbocycles. The molecule has 0 bridgehead atoms. The molecule has 0 aliphatic rings. The van der Waals surface area contributed by atoms with Gasteiger partial charge in [0.1, 0.15) is 11.5 Å². The third-order valence-corrected chi connectivity index (χ3v) is 2.20. The minimum absolute atomic E-state index is 0. The fourth-order valence-electron chi connectivity index (χ4n) is 1.36. The van der Waals surface area contributed by atoms with Gasteiger partial charge in [-0.3, -0.25) is 9.97 Å². The summed E-state index contributed by atoms with van der Waals surface area (Å²) in [6, 6.07) is 7.26. The first kappa shape index (κ1) is 22.6. The molecule has 0 unspecified atom stereocenters. The summed E-state index contributed by atoms with van der Waals surface area (Å²) in [6.07, 6.45) is 3.38. The molecule has 0 saturated heterocycles. The van der Waals surface area contributed by atoms with Crippen molar-refractivity contribution in [2.75, 3.05) is 14.2 Å². The maximum atomic E-state index is 5.13. The van der Waals surface area contributed by atoms with Crippen molar-refractivity contribution in [2.24, 2.45) is 0 Å². The van der Waals surface area contributed by atoms with E-state index in [0.717, 1.165) is 22.9 Å². The molecule has 4 N–H and O–H groups in total. The van der Waals surface area contributed by atoms with E-state index < -0.39 is 0 Å². The molecule has 2 aromatic rings. The van der Waals surface area contributed by atoms with Crippen molar-refractivity contribution in [1.82, 2.24) is 9.97 Å². The Morgan fingerprint density at radius 1 is 0.857 bits per heavy atom. The van der Waals surface area contributed by atoms with E-state index in [1.54, 1.807) is 38.7 Å². The van der Waals surface area contributed by atoms with E-state index in [4.69, 9.17) is 9.47 Å². The van der Waals surface area contributed by atoms with Crippen LogP contribution in [0.25, 0.3) is 11.4 Å². The van der Waals surface area contributed by atoms with E-state index in [1.165, 1.54) is 10.9 Å². The molecule has 122 valence electrons. The first-order valence-electron chi connectivity index (χ1n) is 5.08. The van der Waals surface area contributed by atoms with Crippen molar-refractivity contribution < 1.29 is 31.3 Å². The van der Waals surface area contributed by atoms with Gasteiger partial charge >= 0.3 is 39.3 Å². The maximum absolute atomic E-state index is 5.13. The van der Waals surface area contributed by atoms with Crippen LogP contribution in [0.1, 0.15) is 0 Å². The van der Waals surface area contributed by atoms with Gasteiger partial charge in [0.2, 0.25) is 0 Å². The molecule has 0 spiro atoms. The monoisotopic (exact) mass is 468 g/mol. The third-order valence-electron chi connectivity index (χ3n) is 2.20. The van der Waals surface area contributed by atoms with Crippen LogP contribution in [0.2, 0.25) is 0 Å². The third kappa shape index (κ3) is 7.73.